The third-order valence-electron chi connectivity index (χ3n) is 2.82. The summed E-state index contributed by atoms with van der Waals surface area (Å²) < 4.78 is 0. The molecule has 0 amide bonds. The van der Waals surface area contributed by atoms with E-state index >= 15 is 0 Å². The standard InChI is InChI=1S/C12H20N4S/c1-5-9(4)16(6-2)12-14-8(3)7-10(15-12)11(13)17/h7,9H,5-6H2,1-4H3,(H2,13,17). The van der Waals surface area contributed by atoms with Crippen molar-refractivity contribution in [3.05, 3.63) is 17.5 Å². The maximum Gasteiger partial charge on any atom is 0.226 e. The molecule has 0 spiro atoms. The molecule has 1 heterocycles. The van der Waals surface area contributed by atoms with E-state index in [1.54, 1.807) is 0 Å². The summed E-state index contributed by atoms with van der Waals surface area (Å²) >= 11 is 4.97. The molecule has 0 saturated carbocycles. The van der Waals surface area contributed by atoms with E-state index in [0.717, 1.165) is 18.7 Å². The number of aromatic nitrogens is 2. The van der Waals surface area contributed by atoms with Gasteiger partial charge >= 0.3 is 0 Å². The largest absolute Gasteiger partial charge is 0.388 e. The van der Waals surface area contributed by atoms with Crippen molar-refractivity contribution < 1.29 is 0 Å². The maximum atomic E-state index is 5.62. The van der Waals surface area contributed by atoms with Crippen LogP contribution < -0.4 is 10.6 Å². The van der Waals surface area contributed by atoms with Gasteiger partial charge < -0.3 is 10.6 Å². The van der Waals surface area contributed by atoms with Crippen LogP contribution in [0.1, 0.15) is 38.6 Å². The van der Waals surface area contributed by atoms with Crippen molar-refractivity contribution in [1.82, 2.24) is 9.97 Å². The van der Waals surface area contributed by atoms with Crippen LogP contribution in [0, 0.1) is 6.92 Å². The van der Waals surface area contributed by atoms with E-state index in [1.165, 1.54) is 0 Å². The summed E-state index contributed by atoms with van der Waals surface area (Å²) in [7, 11) is 0. The number of thiocarbonyl (C=S) groups is 1. The molecule has 1 aromatic heterocycles. The van der Waals surface area contributed by atoms with Crippen molar-refractivity contribution in [3.8, 4) is 0 Å². The molecule has 0 radical (unpaired) electrons. The Morgan fingerprint density at radius 3 is 2.59 bits per heavy atom. The normalized spacial score (nSPS) is 12.2. The van der Waals surface area contributed by atoms with Gasteiger partial charge in [-0.1, -0.05) is 19.1 Å². The number of aryl methyl sites for hydroxylation is 1. The van der Waals surface area contributed by atoms with Crippen LogP contribution >= 0.6 is 12.2 Å². The highest BCUT2D eigenvalue weighted by Gasteiger charge is 2.15. The zero-order valence-corrected chi connectivity index (χ0v) is 11.7. The first-order valence-electron chi connectivity index (χ1n) is 5.91. The Morgan fingerprint density at radius 2 is 2.12 bits per heavy atom. The number of hydrogen-bond donors (Lipinski definition) is 1. The molecular weight excluding hydrogens is 232 g/mol. The van der Waals surface area contributed by atoms with Crippen molar-refractivity contribution in [2.24, 2.45) is 5.73 Å². The molecule has 0 aliphatic heterocycles. The van der Waals surface area contributed by atoms with Crippen LogP contribution in [0.25, 0.3) is 0 Å². The van der Waals surface area contributed by atoms with E-state index in [4.69, 9.17) is 18.0 Å². The minimum atomic E-state index is 0.317. The van der Waals surface area contributed by atoms with Crippen LogP contribution in [0.3, 0.4) is 0 Å². The minimum Gasteiger partial charge on any atom is -0.388 e. The summed E-state index contributed by atoms with van der Waals surface area (Å²) in [6, 6.07) is 2.22. The van der Waals surface area contributed by atoms with Crippen LogP contribution in [0.15, 0.2) is 6.07 Å². The molecule has 0 aromatic carbocycles. The van der Waals surface area contributed by atoms with Crippen molar-refractivity contribution in [3.63, 3.8) is 0 Å². The van der Waals surface area contributed by atoms with Gasteiger partial charge in [-0.25, -0.2) is 9.97 Å². The number of rotatable bonds is 5. The second-order valence-corrected chi connectivity index (χ2v) is 4.54. The highest BCUT2D eigenvalue weighted by molar-refractivity contribution is 7.80. The quantitative estimate of drug-likeness (QED) is 0.813. The van der Waals surface area contributed by atoms with E-state index in [2.05, 4.69) is 35.6 Å². The first-order chi connectivity index (χ1) is 7.99. The highest BCUT2D eigenvalue weighted by atomic mass is 32.1. The first kappa shape index (κ1) is 13.8. The van der Waals surface area contributed by atoms with Crippen LogP contribution in [0.5, 0.6) is 0 Å². The zero-order valence-electron chi connectivity index (χ0n) is 10.9. The van der Waals surface area contributed by atoms with Gasteiger partial charge in [0.2, 0.25) is 5.95 Å². The van der Waals surface area contributed by atoms with E-state index in [-0.39, 0.29) is 0 Å². The molecule has 94 valence electrons. The smallest absolute Gasteiger partial charge is 0.226 e. The fourth-order valence-electron chi connectivity index (χ4n) is 1.68. The van der Waals surface area contributed by atoms with Gasteiger partial charge in [-0.05, 0) is 33.3 Å². The van der Waals surface area contributed by atoms with Crippen LogP contribution in [0.4, 0.5) is 5.95 Å². The second kappa shape index (κ2) is 5.91. The Balaban J connectivity index is 3.15. The van der Waals surface area contributed by atoms with Crippen LogP contribution in [0.2, 0.25) is 0 Å². The first-order valence-corrected chi connectivity index (χ1v) is 6.32. The van der Waals surface area contributed by atoms with E-state index in [1.807, 2.05) is 13.0 Å². The molecule has 0 fully saturated rings. The minimum absolute atomic E-state index is 0.317. The van der Waals surface area contributed by atoms with Crippen LogP contribution in [-0.4, -0.2) is 27.5 Å². The lowest BCUT2D eigenvalue weighted by molar-refractivity contribution is 0.613. The molecule has 2 N–H and O–H groups in total. The topological polar surface area (TPSA) is 55.0 Å². The van der Waals surface area contributed by atoms with Gasteiger partial charge in [0, 0.05) is 18.3 Å². The monoisotopic (exact) mass is 252 g/mol. The molecule has 4 nitrogen and oxygen atoms in total. The Kier molecular flexibility index (Phi) is 4.81. The molecule has 0 aliphatic carbocycles. The van der Waals surface area contributed by atoms with Gasteiger partial charge in [-0.3, -0.25) is 0 Å². The third-order valence-corrected chi connectivity index (χ3v) is 3.02. The van der Waals surface area contributed by atoms with Crippen molar-refractivity contribution in [1.29, 1.82) is 0 Å². The predicted octanol–water partition coefficient (Wildman–Crippen LogP) is 2.04. The second-order valence-electron chi connectivity index (χ2n) is 4.10. The summed E-state index contributed by atoms with van der Waals surface area (Å²) in [6.07, 6.45) is 1.05. The number of anilines is 1. The highest BCUT2D eigenvalue weighted by Crippen LogP contribution is 2.14. The average Bonchev–Trinajstić information content (AvgIpc) is 2.28. The van der Waals surface area contributed by atoms with Gasteiger partial charge in [0.05, 0.1) is 0 Å². The summed E-state index contributed by atoms with van der Waals surface area (Å²) in [5, 5.41) is 0. The predicted molar refractivity (Wildman–Crippen MR) is 75.4 cm³/mol. The van der Waals surface area contributed by atoms with E-state index in [0.29, 0.717) is 22.7 Å². The fourth-order valence-corrected chi connectivity index (χ4v) is 1.78. The summed E-state index contributed by atoms with van der Waals surface area (Å²) in [6.45, 7) is 9.21. The average molecular weight is 252 g/mol. The molecule has 17 heavy (non-hydrogen) atoms. The Hall–Kier alpha value is -1.23. The Labute approximate surface area is 108 Å². The lowest BCUT2D eigenvalue weighted by Crippen LogP contribution is -2.34. The Bertz CT molecular complexity index is 405. The molecule has 1 atom stereocenters. The molecule has 0 bridgehead atoms. The van der Waals surface area contributed by atoms with E-state index in [9.17, 15) is 0 Å². The lowest BCUT2D eigenvalue weighted by Gasteiger charge is -2.27. The molecule has 0 aliphatic rings. The van der Waals surface area contributed by atoms with E-state index < -0.39 is 0 Å². The SMILES string of the molecule is CCC(C)N(CC)c1nc(C)cc(C(N)=S)n1. The maximum absolute atomic E-state index is 5.62. The van der Waals surface area contributed by atoms with Crippen molar-refractivity contribution in [2.75, 3.05) is 11.4 Å². The summed E-state index contributed by atoms with van der Waals surface area (Å²) in [5.41, 5.74) is 7.16. The molecule has 1 aromatic rings. The molecule has 1 unspecified atom stereocenters. The summed E-state index contributed by atoms with van der Waals surface area (Å²) in [4.78, 5) is 11.4. The summed E-state index contributed by atoms with van der Waals surface area (Å²) in [5.74, 6) is 0.713. The van der Waals surface area contributed by atoms with Gasteiger partial charge in [-0.15, -0.1) is 0 Å². The molecule has 5 heteroatoms. The Morgan fingerprint density at radius 1 is 1.47 bits per heavy atom. The van der Waals surface area contributed by atoms with Gasteiger partial charge in [0.1, 0.15) is 10.7 Å². The number of hydrogen-bond acceptors (Lipinski definition) is 4. The third kappa shape index (κ3) is 3.36. The fraction of sp³-hybridized carbons (Fsp3) is 0.583. The lowest BCUT2D eigenvalue weighted by atomic mass is 10.2. The number of nitrogens with two attached hydrogens (primary N) is 1. The van der Waals surface area contributed by atoms with Crippen molar-refractivity contribution in [2.45, 2.75) is 40.2 Å². The van der Waals surface area contributed by atoms with Gasteiger partial charge in [-0.2, -0.15) is 0 Å². The molecule has 1 rings (SSSR count). The van der Waals surface area contributed by atoms with Gasteiger partial charge in [0.25, 0.3) is 0 Å². The zero-order chi connectivity index (χ0) is 13.0. The molecular formula is C12H20N4S. The number of nitrogens with zero attached hydrogens (tertiary/aromatic N) is 3. The van der Waals surface area contributed by atoms with Gasteiger partial charge in [0.15, 0.2) is 0 Å². The van der Waals surface area contributed by atoms with Crippen molar-refractivity contribution >= 4 is 23.2 Å². The molecule has 0 saturated heterocycles. The van der Waals surface area contributed by atoms with Crippen LogP contribution in [-0.2, 0) is 0 Å².